The standard InChI is InChI=1S/C50H36Cl2N4O7/c1-62-31-18-13-28(14-19-31)50-36(47(59)56(49(50)61)54-38-22-15-29(51)24-37(38)52)25-35-33(44(50)43-32-7-3-2-6-26(32)12-23-40(43)57)20-21-34-42(35)48(60)55(46(34)58)30-16-10-27(11-17-30)45-53-39-8-4-5-9-41(39)63-45/h2-20,22-24,34-36,42,44,54,57H,21,25H2,1H3/t34-,35+,36-,42-,44+,50+/m0/s1. The van der Waals surface area contributed by atoms with Gasteiger partial charge >= 0.3 is 0 Å². The highest BCUT2D eigenvalue weighted by Gasteiger charge is 2.71. The van der Waals surface area contributed by atoms with Gasteiger partial charge in [0.1, 0.15) is 17.0 Å². The van der Waals surface area contributed by atoms with Crippen LogP contribution in [0.15, 0.2) is 143 Å². The van der Waals surface area contributed by atoms with Gasteiger partial charge in [-0.1, -0.05) is 89.4 Å². The highest BCUT2D eigenvalue weighted by molar-refractivity contribution is 6.36. The van der Waals surface area contributed by atoms with Crippen molar-refractivity contribution < 1.29 is 33.4 Å². The van der Waals surface area contributed by atoms with Gasteiger partial charge in [-0.25, -0.2) is 4.98 Å². The molecule has 2 aliphatic heterocycles. The van der Waals surface area contributed by atoms with E-state index in [-0.39, 0.29) is 35.2 Å². The summed E-state index contributed by atoms with van der Waals surface area (Å²) in [5, 5.41) is 15.2. The number of nitrogens with one attached hydrogen (secondary N) is 1. The van der Waals surface area contributed by atoms with E-state index in [0.29, 0.717) is 61.1 Å². The number of fused-ring (bicyclic) bond motifs is 6. The van der Waals surface area contributed by atoms with Gasteiger partial charge in [0, 0.05) is 22.1 Å². The summed E-state index contributed by atoms with van der Waals surface area (Å²) >= 11 is 12.9. The summed E-state index contributed by atoms with van der Waals surface area (Å²) in [6.07, 6.45) is 2.23. The third-order valence-electron chi connectivity index (χ3n) is 13.5. The minimum atomic E-state index is -1.65. The summed E-state index contributed by atoms with van der Waals surface area (Å²) in [6, 6.07) is 37.1. The molecule has 4 amide bonds. The summed E-state index contributed by atoms with van der Waals surface area (Å²) in [5.74, 6) is -5.28. The van der Waals surface area contributed by atoms with Crippen LogP contribution in [0.2, 0.25) is 10.0 Å². The molecule has 2 N–H and O–H groups in total. The van der Waals surface area contributed by atoms with Crippen molar-refractivity contribution in [3.05, 3.63) is 160 Å². The molecule has 3 fully saturated rings. The summed E-state index contributed by atoms with van der Waals surface area (Å²) in [5.41, 5.74) is 5.75. The summed E-state index contributed by atoms with van der Waals surface area (Å²) in [6.45, 7) is 0. The molecule has 2 saturated heterocycles. The largest absolute Gasteiger partial charge is 0.508 e. The van der Waals surface area contributed by atoms with Gasteiger partial charge in [-0.2, -0.15) is 5.01 Å². The summed E-state index contributed by atoms with van der Waals surface area (Å²) in [7, 11) is 1.54. The van der Waals surface area contributed by atoms with Crippen molar-refractivity contribution in [3.8, 4) is 23.0 Å². The van der Waals surface area contributed by atoms with Crippen LogP contribution in [-0.4, -0.2) is 45.8 Å². The normalized spacial score (nSPS) is 24.1. The van der Waals surface area contributed by atoms with Gasteiger partial charge in [0.2, 0.25) is 17.7 Å². The van der Waals surface area contributed by atoms with E-state index >= 15 is 14.4 Å². The van der Waals surface area contributed by atoms with E-state index in [4.69, 9.17) is 32.4 Å². The summed E-state index contributed by atoms with van der Waals surface area (Å²) in [4.78, 5) is 66.4. The van der Waals surface area contributed by atoms with Gasteiger partial charge in [0.25, 0.3) is 11.8 Å². The third kappa shape index (κ3) is 5.76. The number of aromatic hydroxyl groups is 1. The molecule has 11 nitrogen and oxygen atoms in total. The number of imide groups is 2. The summed E-state index contributed by atoms with van der Waals surface area (Å²) < 4.78 is 11.5. The Labute approximate surface area is 370 Å². The Morgan fingerprint density at radius 1 is 0.825 bits per heavy atom. The Balaban J connectivity index is 1.06. The highest BCUT2D eigenvalue weighted by atomic mass is 35.5. The van der Waals surface area contributed by atoms with Gasteiger partial charge in [0.05, 0.1) is 46.7 Å². The molecule has 6 aromatic carbocycles. The lowest BCUT2D eigenvalue weighted by atomic mass is 9.48. The fourth-order valence-corrected chi connectivity index (χ4v) is 11.2. The van der Waals surface area contributed by atoms with E-state index in [1.807, 2.05) is 60.7 Å². The second-order valence-corrected chi connectivity index (χ2v) is 17.3. The molecule has 63 heavy (non-hydrogen) atoms. The molecule has 4 aliphatic rings. The number of oxazole rings is 1. The van der Waals surface area contributed by atoms with Crippen molar-refractivity contribution in [3.63, 3.8) is 0 Å². The number of rotatable bonds is 7. The molecule has 312 valence electrons. The SMILES string of the molecule is COc1ccc([C@@]23C(=O)N(Nc4ccc(Cl)cc4Cl)C(=O)[C@@H]2C[C@@H]2C(=CC[C@@H]4C(=O)N(c5ccc(-c6nc7ccccc7o6)cc5)C(=O)[C@@H]42)[C@@H]3c2c(O)ccc3ccccc23)cc1. The Hall–Kier alpha value is -6.95. The molecule has 6 atom stereocenters. The number of carbonyl (C=O) groups excluding carboxylic acids is 4. The van der Waals surface area contributed by atoms with Gasteiger partial charge in [-0.3, -0.25) is 29.5 Å². The van der Waals surface area contributed by atoms with Gasteiger partial charge in [-0.05, 0) is 108 Å². The first-order chi connectivity index (χ1) is 30.6. The first kappa shape index (κ1) is 38.9. The first-order valence-electron chi connectivity index (χ1n) is 20.6. The van der Waals surface area contributed by atoms with Gasteiger partial charge < -0.3 is 14.3 Å². The molecule has 3 heterocycles. The zero-order valence-electron chi connectivity index (χ0n) is 33.5. The predicted molar refractivity (Wildman–Crippen MR) is 238 cm³/mol. The number of para-hydroxylation sites is 2. The molecule has 1 aromatic heterocycles. The number of benzene rings is 6. The Morgan fingerprint density at radius 2 is 1.59 bits per heavy atom. The lowest BCUT2D eigenvalue weighted by Gasteiger charge is -2.51. The smallest absolute Gasteiger partial charge is 0.260 e. The van der Waals surface area contributed by atoms with Gasteiger partial charge in [-0.15, -0.1) is 0 Å². The maximum atomic E-state index is 15.8. The van der Waals surface area contributed by atoms with Crippen molar-refractivity contribution in [2.24, 2.45) is 23.7 Å². The van der Waals surface area contributed by atoms with Crippen LogP contribution in [-0.2, 0) is 24.6 Å². The Kier molecular flexibility index (Phi) is 9.01. The number of hydrogen-bond acceptors (Lipinski definition) is 9. The number of anilines is 2. The first-order valence-corrected chi connectivity index (χ1v) is 21.3. The minimum absolute atomic E-state index is 0.0572. The number of hydrazine groups is 1. The maximum absolute atomic E-state index is 15.8. The lowest BCUT2D eigenvalue weighted by Crippen LogP contribution is -2.53. The monoisotopic (exact) mass is 874 g/mol. The molecular formula is C50H36Cl2N4O7. The number of hydrogen-bond donors (Lipinski definition) is 2. The van der Waals surface area contributed by atoms with Crippen molar-refractivity contribution in [2.75, 3.05) is 17.4 Å². The van der Waals surface area contributed by atoms with Crippen LogP contribution in [0, 0.1) is 23.7 Å². The molecular weight excluding hydrogens is 839 g/mol. The van der Waals surface area contributed by atoms with Crippen LogP contribution in [0.3, 0.4) is 0 Å². The van der Waals surface area contributed by atoms with Gasteiger partial charge in [0.15, 0.2) is 5.58 Å². The van der Waals surface area contributed by atoms with Crippen LogP contribution in [0.25, 0.3) is 33.3 Å². The van der Waals surface area contributed by atoms with Crippen molar-refractivity contribution in [1.29, 1.82) is 0 Å². The fourth-order valence-electron chi connectivity index (χ4n) is 10.7. The van der Waals surface area contributed by atoms with Crippen LogP contribution in [0.5, 0.6) is 11.5 Å². The third-order valence-corrected chi connectivity index (χ3v) is 14.0. The van der Waals surface area contributed by atoms with E-state index in [1.54, 1.807) is 73.8 Å². The molecule has 0 spiro atoms. The van der Waals surface area contributed by atoms with Crippen LogP contribution < -0.4 is 15.1 Å². The van der Waals surface area contributed by atoms with Crippen LogP contribution >= 0.6 is 23.2 Å². The van der Waals surface area contributed by atoms with Crippen molar-refractivity contribution >= 4 is 80.1 Å². The topological polar surface area (TPSA) is 142 Å². The number of carbonyl (C=O) groups is 4. The quantitative estimate of drug-likeness (QED) is 0.118. The Bertz CT molecular complexity index is 3080. The molecule has 0 bridgehead atoms. The zero-order chi connectivity index (χ0) is 43.3. The fraction of sp³-hybridized carbons (Fsp3) is 0.180. The molecule has 7 aromatic rings. The predicted octanol–water partition coefficient (Wildman–Crippen LogP) is 9.86. The van der Waals surface area contributed by atoms with Crippen LogP contribution in [0.4, 0.5) is 11.4 Å². The number of phenolic OH excluding ortho intramolecular Hbond substituents is 1. The van der Waals surface area contributed by atoms with E-state index in [0.717, 1.165) is 10.4 Å². The number of nitrogens with zero attached hydrogens (tertiary/aromatic N) is 3. The van der Waals surface area contributed by atoms with E-state index in [1.165, 1.54) is 11.0 Å². The minimum Gasteiger partial charge on any atom is -0.508 e. The maximum Gasteiger partial charge on any atom is 0.260 e. The number of allylic oxidation sites excluding steroid dienone is 2. The average molecular weight is 876 g/mol. The second-order valence-electron chi connectivity index (χ2n) is 16.5. The van der Waals surface area contributed by atoms with Crippen molar-refractivity contribution in [2.45, 2.75) is 24.2 Å². The second kappa shape index (κ2) is 14.6. The Morgan fingerprint density at radius 3 is 2.35 bits per heavy atom. The molecule has 0 unspecified atom stereocenters. The van der Waals surface area contributed by atoms with Crippen molar-refractivity contribution in [1.82, 2.24) is 9.99 Å². The average Bonchev–Trinajstić information content (AvgIpc) is 3.92. The number of halogens is 2. The molecule has 1 saturated carbocycles. The number of ether oxygens (including phenoxy) is 1. The highest BCUT2D eigenvalue weighted by Crippen LogP contribution is 2.65. The van der Waals surface area contributed by atoms with E-state index < -0.39 is 52.7 Å². The molecule has 11 rings (SSSR count). The number of amides is 4. The van der Waals surface area contributed by atoms with E-state index in [9.17, 15) is 9.90 Å². The molecule has 13 heteroatoms. The number of aromatic nitrogens is 1. The lowest BCUT2D eigenvalue weighted by molar-refractivity contribution is -0.138. The molecule has 0 radical (unpaired) electrons. The van der Waals surface area contributed by atoms with Crippen LogP contribution in [0.1, 0.15) is 29.9 Å². The molecule has 2 aliphatic carbocycles. The van der Waals surface area contributed by atoms with E-state index in [2.05, 4.69) is 10.4 Å². The number of methoxy groups -OCH3 is 1. The number of phenols is 1. The zero-order valence-corrected chi connectivity index (χ0v) is 35.0.